The smallest absolute Gasteiger partial charge is 0.314 e. The molecule has 1 unspecified atom stereocenters. The highest BCUT2D eigenvalue weighted by molar-refractivity contribution is 5.75. The molecule has 6 nitrogen and oxygen atoms in total. The zero-order valence-electron chi connectivity index (χ0n) is 10.9. The van der Waals surface area contributed by atoms with Crippen molar-refractivity contribution >= 4 is 5.97 Å². The predicted octanol–water partition coefficient (Wildman–Crippen LogP) is 1.54. The van der Waals surface area contributed by atoms with E-state index in [1.807, 2.05) is 6.07 Å². The normalized spacial score (nSPS) is 17.7. The average molecular weight is 273 g/mol. The van der Waals surface area contributed by atoms with E-state index in [0.29, 0.717) is 31.0 Å². The van der Waals surface area contributed by atoms with E-state index in [1.165, 1.54) is 0 Å². The molecular formula is C14H15N3O3. The van der Waals surface area contributed by atoms with Crippen LogP contribution in [0.15, 0.2) is 24.3 Å². The van der Waals surface area contributed by atoms with Crippen LogP contribution in [0.25, 0.3) is 0 Å². The molecule has 6 heteroatoms. The molecule has 2 aromatic rings. The second-order valence-electron chi connectivity index (χ2n) is 4.99. The van der Waals surface area contributed by atoms with Crippen molar-refractivity contribution in [1.29, 1.82) is 0 Å². The number of benzene rings is 1. The standard InChI is InChI=1S/C14H15N3O3/c18-10-4-1-3-9(7-10)8-12-15-13-11(14(19)20)5-2-6-17(13)16-12/h1,3-4,7,11,18H,2,5-6,8H2,(H,19,20). The van der Waals surface area contributed by atoms with Gasteiger partial charge in [-0.3, -0.25) is 4.79 Å². The Balaban J connectivity index is 1.87. The second kappa shape index (κ2) is 4.96. The predicted molar refractivity (Wildman–Crippen MR) is 70.5 cm³/mol. The third kappa shape index (κ3) is 2.36. The molecule has 1 aliphatic rings. The highest BCUT2D eigenvalue weighted by Gasteiger charge is 2.29. The molecule has 20 heavy (non-hydrogen) atoms. The fraction of sp³-hybridized carbons (Fsp3) is 0.357. The molecule has 1 atom stereocenters. The largest absolute Gasteiger partial charge is 0.508 e. The first-order chi connectivity index (χ1) is 9.63. The number of carboxylic acid groups (broad SMARTS) is 1. The van der Waals surface area contributed by atoms with Gasteiger partial charge in [0.15, 0.2) is 5.82 Å². The Morgan fingerprint density at radius 1 is 1.45 bits per heavy atom. The molecule has 2 N–H and O–H groups in total. The minimum atomic E-state index is -0.845. The lowest BCUT2D eigenvalue weighted by Gasteiger charge is -2.17. The summed E-state index contributed by atoms with van der Waals surface area (Å²) in [5.74, 6) is -0.0658. The van der Waals surface area contributed by atoms with E-state index >= 15 is 0 Å². The van der Waals surface area contributed by atoms with Crippen LogP contribution in [0.2, 0.25) is 0 Å². The monoisotopic (exact) mass is 273 g/mol. The Morgan fingerprint density at radius 2 is 2.30 bits per heavy atom. The van der Waals surface area contributed by atoms with Crippen LogP contribution in [-0.4, -0.2) is 30.9 Å². The van der Waals surface area contributed by atoms with Crippen molar-refractivity contribution in [1.82, 2.24) is 14.8 Å². The van der Waals surface area contributed by atoms with Gasteiger partial charge < -0.3 is 10.2 Å². The van der Waals surface area contributed by atoms with Crippen molar-refractivity contribution in [2.75, 3.05) is 0 Å². The molecule has 0 fully saturated rings. The van der Waals surface area contributed by atoms with Gasteiger partial charge in [0.25, 0.3) is 0 Å². The molecule has 104 valence electrons. The van der Waals surface area contributed by atoms with Gasteiger partial charge in [-0.25, -0.2) is 9.67 Å². The summed E-state index contributed by atoms with van der Waals surface area (Å²) in [6, 6.07) is 6.92. The molecule has 1 aromatic carbocycles. The third-order valence-corrected chi connectivity index (χ3v) is 3.49. The highest BCUT2D eigenvalue weighted by Crippen LogP contribution is 2.26. The number of carboxylic acids is 1. The number of nitrogens with zero attached hydrogens (tertiary/aromatic N) is 3. The summed E-state index contributed by atoms with van der Waals surface area (Å²) in [5, 5.41) is 23.0. The molecular weight excluding hydrogens is 258 g/mol. The number of phenolic OH excluding ortho intramolecular Hbond substituents is 1. The Kier molecular flexibility index (Phi) is 3.14. The van der Waals surface area contributed by atoms with Gasteiger partial charge in [0.2, 0.25) is 0 Å². The van der Waals surface area contributed by atoms with Gasteiger partial charge in [0, 0.05) is 13.0 Å². The lowest BCUT2D eigenvalue weighted by Crippen LogP contribution is -2.22. The minimum Gasteiger partial charge on any atom is -0.508 e. The summed E-state index contributed by atoms with van der Waals surface area (Å²) >= 11 is 0. The van der Waals surface area contributed by atoms with E-state index in [9.17, 15) is 15.0 Å². The topological polar surface area (TPSA) is 88.2 Å². The van der Waals surface area contributed by atoms with E-state index < -0.39 is 11.9 Å². The van der Waals surface area contributed by atoms with Crippen LogP contribution >= 0.6 is 0 Å². The number of carbonyl (C=O) groups is 1. The number of aromatic nitrogens is 3. The van der Waals surface area contributed by atoms with E-state index in [-0.39, 0.29) is 5.75 Å². The van der Waals surface area contributed by atoms with Gasteiger partial charge in [-0.15, -0.1) is 0 Å². The summed E-state index contributed by atoms with van der Waals surface area (Å²) in [4.78, 5) is 15.6. The molecule has 0 radical (unpaired) electrons. The van der Waals surface area contributed by atoms with Crippen molar-refractivity contribution in [2.24, 2.45) is 0 Å². The van der Waals surface area contributed by atoms with Crippen LogP contribution in [-0.2, 0) is 17.8 Å². The van der Waals surface area contributed by atoms with Crippen molar-refractivity contribution < 1.29 is 15.0 Å². The number of hydrogen-bond donors (Lipinski definition) is 2. The summed E-state index contributed by atoms with van der Waals surface area (Å²) in [7, 11) is 0. The maximum absolute atomic E-state index is 11.2. The number of aryl methyl sites for hydroxylation is 1. The first-order valence-corrected chi connectivity index (χ1v) is 6.58. The molecule has 0 amide bonds. The summed E-state index contributed by atoms with van der Waals surface area (Å²) in [5.41, 5.74) is 0.903. The van der Waals surface area contributed by atoms with Gasteiger partial charge in [-0.05, 0) is 30.5 Å². The maximum atomic E-state index is 11.2. The highest BCUT2D eigenvalue weighted by atomic mass is 16.4. The average Bonchev–Trinajstić information content (AvgIpc) is 2.80. The quantitative estimate of drug-likeness (QED) is 0.885. The maximum Gasteiger partial charge on any atom is 0.314 e. The Hall–Kier alpha value is -2.37. The van der Waals surface area contributed by atoms with Crippen molar-refractivity contribution in [3.63, 3.8) is 0 Å². The second-order valence-corrected chi connectivity index (χ2v) is 4.99. The Bertz CT molecular complexity index is 651. The van der Waals surface area contributed by atoms with Gasteiger partial charge >= 0.3 is 5.97 Å². The van der Waals surface area contributed by atoms with Crippen molar-refractivity contribution in [2.45, 2.75) is 31.7 Å². The molecule has 0 saturated carbocycles. The molecule has 0 bridgehead atoms. The van der Waals surface area contributed by atoms with Crippen LogP contribution in [0.4, 0.5) is 0 Å². The van der Waals surface area contributed by atoms with E-state index in [2.05, 4.69) is 10.1 Å². The first kappa shape index (κ1) is 12.7. The van der Waals surface area contributed by atoms with E-state index in [0.717, 1.165) is 12.0 Å². The number of aliphatic carboxylic acids is 1. The van der Waals surface area contributed by atoms with Gasteiger partial charge in [-0.2, -0.15) is 5.10 Å². The van der Waals surface area contributed by atoms with E-state index in [4.69, 9.17) is 0 Å². The fourth-order valence-electron chi connectivity index (χ4n) is 2.56. The Labute approximate surface area is 115 Å². The zero-order valence-corrected chi connectivity index (χ0v) is 10.9. The van der Waals surface area contributed by atoms with E-state index in [1.54, 1.807) is 22.9 Å². The summed E-state index contributed by atoms with van der Waals surface area (Å²) in [6.45, 7) is 0.714. The SMILES string of the molecule is O=C(O)C1CCCn2nc(Cc3cccc(O)c3)nc21. The Morgan fingerprint density at radius 3 is 3.05 bits per heavy atom. The molecule has 0 aliphatic carbocycles. The van der Waals surface area contributed by atoms with Crippen molar-refractivity contribution in [3.05, 3.63) is 41.5 Å². The number of fused-ring (bicyclic) bond motifs is 1. The molecule has 2 heterocycles. The summed E-state index contributed by atoms with van der Waals surface area (Å²) in [6.07, 6.45) is 1.90. The molecule has 1 aliphatic heterocycles. The molecule has 0 spiro atoms. The lowest BCUT2D eigenvalue weighted by atomic mass is 10.00. The van der Waals surface area contributed by atoms with Gasteiger partial charge in [-0.1, -0.05) is 12.1 Å². The van der Waals surface area contributed by atoms with Gasteiger partial charge in [0.05, 0.1) is 0 Å². The summed E-state index contributed by atoms with van der Waals surface area (Å²) < 4.78 is 1.69. The van der Waals surface area contributed by atoms with Crippen LogP contribution < -0.4 is 0 Å². The minimum absolute atomic E-state index is 0.204. The fourth-order valence-corrected chi connectivity index (χ4v) is 2.56. The first-order valence-electron chi connectivity index (χ1n) is 6.58. The van der Waals surface area contributed by atoms with Crippen LogP contribution in [0.3, 0.4) is 0 Å². The number of rotatable bonds is 3. The van der Waals surface area contributed by atoms with Crippen LogP contribution in [0.5, 0.6) is 5.75 Å². The molecule has 3 rings (SSSR count). The lowest BCUT2D eigenvalue weighted by molar-refractivity contribution is -0.139. The third-order valence-electron chi connectivity index (χ3n) is 3.49. The molecule has 0 saturated heterocycles. The zero-order chi connectivity index (χ0) is 14.1. The van der Waals surface area contributed by atoms with Crippen LogP contribution in [0.1, 0.15) is 36.0 Å². The van der Waals surface area contributed by atoms with Crippen LogP contribution in [0, 0.1) is 0 Å². The molecule has 1 aromatic heterocycles. The van der Waals surface area contributed by atoms with Crippen molar-refractivity contribution in [3.8, 4) is 5.75 Å². The van der Waals surface area contributed by atoms with Gasteiger partial charge in [0.1, 0.15) is 17.5 Å². The number of hydrogen-bond acceptors (Lipinski definition) is 4. The number of phenols is 1. The number of aromatic hydroxyl groups is 1.